The summed E-state index contributed by atoms with van der Waals surface area (Å²) in [6, 6.07) is 0. The minimum Gasteiger partial charge on any atom is -0.338 e. The zero-order valence-electron chi connectivity index (χ0n) is 7.57. The third-order valence-corrected chi connectivity index (χ3v) is 1.89. The summed E-state index contributed by atoms with van der Waals surface area (Å²) in [7, 11) is 0. The van der Waals surface area contributed by atoms with Crippen LogP contribution in [0.3, 0.4) is 0 Å². The molecule has 13 heavy (non-hydrogen) atoms. The van der Waals surface area contributed by atoms with Crippen molar-refractivity contribution < 1.29 is 19.2 Å². The first kappa shape index (κ1) is 9.70. The number of hydroxylamine groups is 2. The van der Waals surface area contributed by atoms with Crippen molar-refractivity contribution in [3.63, 3.8) is 0 Å². The highest BCUT2D eigenvalue weighted by Gasteiger charge is 2.36. The van der Waals surface area contributed by atoms with E-state index in [-0.39, 0.29) is 5.78 Å². The standard InChI is InChI=1S/C8H11NO4/c1-5(10)7-3-4-9(8(7)12)13-6(2)11/h7H,3-4H2,1-2H3. The number of ketones is 1. The molecule has 0 aliphatic carbocycles. The van der Waals surface area contributed by atoms with Crippen LogP contribution in [-0.4, -0.2) is 29.3 Å². The van der Waals surface area contributed by atoms with Crippen molar-refractivity contribution in [2.45, 2.75) is 20.3 Å². The first-order chi connectivity index (χ1) is 6.02. The fraction of sp³-hybridized carbons (Fsp3) is 0.625. The summed E-state index contributed by atoms with van der Waals surface area (Å²) in [6.07, 6.45) is 0.432. The maximum Gasteiger partial charge on any atom is 0.329 e. The van der Waals surface area contributed by atoms with E-state index in [2.05, 4.69) is 4.84 Å². The Morgan fingerprint density at radius 3 is 2.46 bits per heavy atom. The Bertz CT molecular complexity index is 261. The van der Waals surface area contributed by atoms with E-state index in [0.29, 0.717) is 13.0 Å². The first-order valence-electron chi connectivity index (χ1n) is 4.02. The topological polar surface area (TPSA) is 63.7 Å². The van der Waals surface area contributed by atoms with Crippen molar-refractivity contribution in [2.75, 3.05) is 6.54 Å². The molecule has 1 fully saturated rings. The Morgan fingerprint density at radius 2 is 2.08 bits per heavy atom. The second-order valence-corrected chi connectivity index (χ2v) is 2.98. The average Bonchev–Trinajstić information content (AvgIpc) is 2.32. The van der Waals surface area contributed by atoms with E-state index in [0.717, 1.165) is 5.06 Å². The van der Waals surface area contributed by atoms with Crippen LogP contribution >= 0.6 is 0 Å². The first-order valence-corrected chi connectivity index (χ1v) is 4.02. The molecule has 1 heterocycles. The third-order valence-electron chi connectivity index (χ3n) is 1.89. The fourth-order valence-corrected chi connectivity index (χ4v) is 1.28. The Kier molecular flexibility index (Phi) is 2.65. The summed E-state index contributed by atoms with van der Waals surface area (Å²) in [5.74, 6) is -1.76. The maximum atomic E-state index is 11.3. The zero-order chi connectivity index (χ0) is 10.0. The molecule has 1 atom stereocenters. The average molecular weight is 185 g/mol. The quantitative estimate of drug-likeness (QED) is 0.563. The van der Waals surface area contributed by atoms with Gasteiger partial charge in [0, 0.05) is 6.92 Å². The van der Waals surface area contributed by atoms with Crippen molar-refractivity contribution in [1.29, 1.82) is 0 Å². The molecule has 0 N–H and O–H groups in total. The molecule has 0 aromatic rings. The van der Waals surface area contributed by atoms with Gasteiger partial charge in [0.15, 0.2) is 0 Å². The summed E-state index contributed by atoms with van der Waals surface area (Å²) in [4.78, 5) is 37.3. The van der Waals surface area contributed by atoms with Crippen molar-refractivity contribution in [1.82, 2.24) is 5.06 Å². The van der Waals surface area contributed by atoms with E-state index < -0.39 is 17.8 Å². The molecule has 0 spiro atoms. The van der Waals surface area contributed by atoms with Gasteiger partial charge in [-0.1, -0.05) is 0 Å². The Labute approximate surface area is 75.6 Å². The lowest BCUT2D eigenvalue weighted by molar-refractivity contribution is -0.191. The van der Waals surface area contributed by atoms with Gasteiger partial charge in [0.25, 0.3) is 5.91 Å². The van der Waals surface area contributed by atoms with E-state index in [1.54, 1.807) is 0 Å². The predicted octanol–water partition coefficient (Wildman–Crippen LogP) is -0.0980. The van der Waals surface area contributed by atoms with Crippen LogP contribution in [0, 0.1) is 5.92 Å². The van der Waals surface area contributed by atoms with Crippen LogP contribution in [0.15, 0.2) is 0 Å². The zero-order valence-corrected chi connectivity index (χ0v) is 7.57. The number of hydrogen-bond acceptors (Lipinski definition) is 4. The molecular formula is C8H11NO4. The second-order valence-electron chi connectivity index (χ2n) is 2.98. The number of amides is 1. The summed E-state index contributed by atoms with van der Waals surface area (Å²) < 4.78 is 0. The van der Waals surface area contributed by atoms with Gasteiger partial charge in [-0.05, 0) is 13.3 Å². The predicted molar refractivity (Wildman–Crippen MR) is 42.3 cm³/mol. The van der Waals surface area contributed by atoms with Crippen molar-refractivity contribution in [3.8, 4) is 0 Å². The van der Waals surface area contributed by atoms with E-state index in [9.17, 15) is 14.4 Å². The lowest BCUT2D eigenvalue weighted by Crippen LogP contribution is -2.31. The molecule has 5 heteroatoms. The SMILES string of the molecule is CC(=O)ON1CCC(C(C)=O)C1=O. The van der Waals surface area contributed by atoms with Crippen LogP contribution in [0.2, 0.25) is 0 Å². The summed E-state index contributed by atoms with van der Waals surface area (Å²) in [5, 5.41) is 0.953. The van der Waals surface area contributed by atoms with E-state index >= 15 is 0 Å². The minimum absolute atomic E-state index is 0.181. The van der Waals surface area contributed by atoms with Crippen LogP contribution in [0.25, 0.3) is 0 Å². The number of hydrogen-bond donors (Lipinski definition) is 0. The van der Waals surface area contributed by atoms with Crippen molar-refractivity contribution >= 4 is 17.7 Å². The molecule has 0 radical (unpaired) electrons. The van der Waals surface area contributed by atoms with Gasteiger partial charge in [-0.2, -0.15) is 5.06 Å². The number of Topliss-reactive ketones (excluding diaryl/α,β-unsaturated/α-hetero) is 1. The molecule has 1 saturated heterocycles. The maximum absolute atomic E-state index is 11.3. The summed E-state index contributed by atoms with van der Waals surface area (Å²) in [6.45, 7) is 2.89. The van der Waals surface area contributed by atoms with Gasteiger partial charge in [0.1, 0.15) is 11.7 Å². The van der Waals surface area contributed by atoms with Crippen LogP contribution in [0.5, 0.6) is 0 Å². The Morgan fingerprint density at radius 1 is 1.46 bits per heavy atom. The second kappa shape index (κ2) is 3.55. The number of rotatable bonds is 2. The van der Waals surface area contributed by atoms with Crippen LogP contribution in [-0.2, 0) is 19.2 Å². The number of carbonyl (C=O) groups excluding carboxylic acids is 3. The summed E-state index contributed by atoms with van der Waals surface area (Å²) >= 11 is 0. The van der Waals surface area contributed by atoms with E-state index in [1.165, 1.54) is 13.8 Å². The van der Waals surface area contributed by atoms with Crippen LogP contribution in [0.1, 0.15) is 20.3 Å². The van der Waals surface area contributed by atoms with Gasteiger partial charge in [-0.3, -0.25) is 14.4 Å². The largest absolute Gasteiger partial charge is 0.338 e. The van der Waals surface area contributed by atoms with Gasteiger partial charge in [0.05, 0.1) is 6.54 Å². The van der Waals surface area contributed by atoms with Gasteiger partial charge in [0.2, 0.25) is 0 Å². The molecule has 0 saturated carbocycles. The van der Waals surface area contributed by atoms with Crippen molar-refractivity contribution in [3.05, 3.63) is 0 Å². The molecule has 0 aromatic heterocycles. The highest BCUT2D eigenvalue weighted by molar-refractivity contribution is 6.01. The lowest BCUT2D eigenvalue weighted by atomic mass is 10.0. The monoisotopic (exact) mass is 185 g/mol. The molecule has 72 valence electrons. The normalized spacial score (nSPS) is 21.8. The Balaban J connectivity index is 2.60. The van der Waals surface area contributed by atoms with E-state index in [1.807, 2.05) is 0 Å². The molecular weight excluding hydrogens is 174 g/mol. The smallest absolute Gasteiger partial charge is 0.329 e. The molecule has 0 bridgehead atoms. The summed E-state index contributed by atoms with van der Waals surface area (Å²) in [5.41, 5.74) is 0. The van der Waals surface area contributed by atoms with Gasteiger partial charge < -0.3 is 4.84 Å². The molecule has 0 aromatic carbocycles. The van der Waals surface area contributed by atoms with Crippen LogP contribution in [0.4, 0.5) is 0 Å². The number of nitrogens with zero attached hydrogens (tertiary/aromatic N) is 1. The molecule has 1 aliphatic heterocycles. The minimum atomic E-state index is -0.626. The van der Waals surface area contributed by atoms with Gasteiger partial charge >= 0.3 is 5.97 Å². The van der Waals surface area contributed by atoms with Gasteiger partial charge in [-0.25, -0.2) is 0 Å². The Hall–Kier alpha value is -1.39. The lowest BCUT2D eigenvalue weighted by Gasteiger charge is -2.13. The van der Waals surface area contributed by atoms with Crippen molar-refractivity contribution in [2.24, 2.45) is 5.92 Å². The number of carbonyl (C=O) groups is 3. The highest BCUT2D eigenvalue weighted by Crippen LogP contribution is 2.18. The molecule has 1 rings (SSSR count). The molecule has 1 aliphatic rings. The van der Waals surface area contributed by atoms with Crippen LogP contribution < -0.4 is 0 Å². The van der Waals surface area contributed by atoms with E-state index in [4.69, 9.17) is 0 Å². The fourth-order valence-electron chi connectivity index (χ4n) is 1.28. The third kappa shape index (κ3) is 2.05. The molecule has 1 amide bonds. The van der Waals surface area contributed by atoms with Gasteiger partial charge in [-0.15, -0.1) is 0 Å². The highest BCUT2D eigenvalue weighted by atomic mass is 16.7. The molecule has 5 nitrogen and oxygen atoms in total. The molecule has 1 unspecified atom stereocenters.